The molecule has 0 unspecified atom stereocenters. The fraction of sp³-hybridized carbons (Fsp3) is 0.300. The molecule has 6 heteroatoms. The Morgan fingerprint density at radius 3 is 2.88 bits per heavy atom. The van der Waals surface area contributed by atoms with Crippen LogP contribution < -0.4 is 10.2 Å². The maximum Gasteiger partial charge on any atom is 0.225 e. The zero-order valence-corrected chi connectivity index (χ0v) is 15.1. The zero-order valence-electron chi connectivity index (χ0n) is 14.3. The topological polar surface area (TPSA) is 45.2 Å². The molecule has 4 nitrogen and oxygen atoms in total. The minimum Gasteiger partial charge on any atom is -0.352 e. The fourth-order valence-electron chi connectivity index (χ4n) is 3.33. The lowest BCUT2D eigenvalue weighted by Gasteiger charge is -2.31. The van der Waals surface area contributed by atoms with Crippen molar-refractivity contribution < 1.29 is 9.18 Å². The van der Waals surface area contributed by atoms with Crippen LogP contribution in [0.1, 0.15) is 18.4 Å². The number of hydrogen-bond acceptors (Lipinski definition) is 4. The lowest BCUT2D eigenvalue weighted by molar-refractivity contribution is -0.125. The van der Waals surface area contributed by atoms with Gasteiger partial charge in [0.25, 0.3) is 0 Å². The molecule has 4 rings (SSSR count). The summed E-state index contributed by atoms with van der Waals surface area (Å²) < 4.78 is 14.9. The van der Waals surface area contributed by atoms with Gasteiger partial charge in [0.1, 0.15) is 5.82 Å². The first kappa shape index (κ1) is 17.0. The van der Waals surface area contributed by atoms with Gasteiger partial charge < -0.3 is 10.2 Å². The van der Waals surface area contributed by atoms with Crippen molar-refractivity contribution in [2.24, 2.45) is 5.92 Å². The molecule has 1 aromatic heterocycles. The number of aromatic nitrogens is 1. The van der Waals surface area contributed by atoms with Crippen LogP contribution in [0.15, 0.2) is 48.5 Å². The van der Waals surface area contributed by atoms with Gasteiger partial charge in [-0.05, 0) is 31.0 Å². The number of fused-ring (bicyclic) bond motifs is 1. The van der Waals surface area contributed by atoms with Gasteiger partial charge in [-0.3, -0.25) is 4.79 Å². The third kappa shape index (κ3) is 3.55. The van der Waals surface area contributed by atoms with E-state index in [1.807, 2.05) is 18.2 Å². The molecule has 1 aliphatic heterocycles. The largest absolute Gasteiger partial charge is 0.352 e. The number of carbonyl (C=O) groups is 1. The van der Waals surface area contributed by atoms with Crippen LogP contribution in [0, 0.1) is 11.7 Å². The van der Waals surface area contributed by atoms with E-state index in [1.54, 1.807) is 29.5 Å². The maximum absolute atomic E-state index is 13.7. The van der Waals surface area contributed by atoms with Crippen LogP contribution in [0.3, 0.4) is 0 Å². The van der Waals surface area contributed by atoms with Crippen LogP contribution in [0.25, 0.3) is 10.2 Å². The van der Waals surface area contributed by atoms with Gasteiger partial charge in [-0.25, -0.2) is 9.37 Å². The number of piperidine rings is 1. The Labute approximate surface area is 155 Å². The zero-order chi connectivity index (χ0) is 17.9. The summed E-state index contributed by atoms with van der Waals surface area (Å²) in [5, 5.41) is 3.86. The number of hydrogen-bond donors (Lipinski definition) is 1. The van der Waals surface area contributed by atoms with Crippen LogP contribution in [0.2, 0.25) is 0 Å². The van der Waals surface area contributed by atoms with Gasteiger partial charge >= 0.3 is 0 Å². The van der Waals surface area contributed by atoms with Gasteiger partial charge in [-0.2, -0.15) is 0 Å². The summed E-state index contributed by atoms with van der Waals surface area (Å²) in [5.41, 5.74) is 1.51. The Morgan fingerprint density at radius 1 is 1.23 bits per heavy atom. The molecule has 0 spiro atoms. The minimum absolute atomic E-state index is 0.0148. The van der Waals surface area contributed by atoms with Crippen molar-refractivity contribution in [1.82, 2.24) is 10.3 Å². The summed E-state index contributed by atoms with van der Waals surface area (Å²) in [7, 11) is 0. The Balaban J connectivity index is 1.41. The maximum atomic E-state index is 13.7. The first-order valence-corrected chi connectivity index (χ1v) is 9.64. The summed E-state index contributed by atoms with van der Waals surface area (Å²) in [6, 6.07) is 14.6. The molecule has 26 heavy (non-hydrogen) atoms. The molecule has 2 aromatic carbocycles. The van der Waals surface area contributed by atoms with Crippen molar-refractivity contribution in [2.75, 3.05) is 18.0 Å². The SMILES string of the molecule is O=C(NCc1ccccc1F)[C@@H]1CCCN(c2nc3ccccc3s2)C1. The van der Waals surface area contributed by atoms with Crippen LogP contribution in [-0.2, 0) is 11.3 Å². The number of amides is 1. The van der Waals surface area contributed by atoms with Gasteiger partial charge in [0, 0.05) is 25.2 Å². The summed E-state index contributed by atoms with van der Waals surface area (Å²) >= 11 is 1.66. The Bertz CT molecular complexity index is 893. The average molecular weight is 369 g/mol. The van der Waals surface area contributed by atoms with E-state index in [1.165, 1.54) is 6.07 Å². The second kappa shape index (κ2) is 7.41. The third-order valence-corrected chi connectivity index (χ3v) is 5.85. The number of carbonyl (C=O) groups excluding carboxylic acids is 1. The quantitative estimate of drug-likeness (QED) is 0.757. The molecule has 1 amide bonds. The van der Waals surface area contributed by atoms with Crippen LogP contribution in [-0.4, -0.2) is 24.0 Å². The van der Waals surface area contributed by atoms with Gasteiger partial charge in [0.2, 0.25) is 5.91 Å². The van der Waals surface area contributed by atoms with Crippen molar-refractivity contribution in [3.8, 4) is 0 Å². The van der Waals surface area contributed by atoms with E-state index < -0.39 is 0 Å². The molecule has 1 atom stereocenters. The predicted molar refractivity (Wildman–Crippen MR) is 103 cm³/mol. The van der Waals surface area contributed by atoms with Crippen molar-refractivity contribution in [2.45, 2.75) is 19.4 Å². The Morgan fingerprint density at radius 2 is 2.04 bits per heavy atom. The highest BCUT2D eigenvalue weighted by Gasteiger charge is 2.27. The monoisotopic (exact) mass is 369 g/mol. The lowest BCUT2D eigenvalue weighted by atomic mass is 9.97. The van der Waals surface area contributed by atoms with E-state index in [2.05, 4.69) is 16.3 Å². The fourth-order valence-corrected chi connectivity index (χ4v) is 4.33. The summed E-state index contributed by atoms with van der Waals surface area (Å²) in [6.45, 7) is 1.79. The highest BCUT2D eigenvalue weighted by Crippen LogP contribution is 2.31. The van der Waals surface area contributed by atoms with Crippen LogP contribution in [0.5, 0.6) is 0 Å². The van der Waals surface area contributed by atoms with E-state index in [-0.39, 0.29) is 24.2 Å². The van der Waals surface area contributed by atoms with E-state index in [9.17, 15) is 9.18 Å². The van der Waals surface area contributed by atoms with Crippen molar-refractivity contribution >= 4 is 32.6 Å². The number of para-hydroxylation sites is 1. The van der Waals surface area contributed by atoms with Crippen LogP contribution >= 0.6 is 11.3 Å². The summed E-state index contributed by atoms with van der Waals surface area (Å²) in [6.07, 6.45) is 1.80. The highest BCUT2D eigenvalue weighted by atomic mass is 32.1. The molecule has 134 valence electrons. The smallest absolute Gasteiger partial charge is 0.225 e. The molecule has 0 bridgehead atoms. The predicted octanol–water partition coefficient (Wildman–Crippen LogP) is 3.97. The van der Waals surface area contributed by atoms with Crippen molar-refractivity contribution in [1.29, 1.82) is 0 Å². The van der Waals surface area contributed by atoms with Crippen molar-refractivity contribution in [3.63, 3.8) is 0 Å². The number of halogens is 1. The highest BCUT2D eigenvalue weighted by molar-refractivity contribution is 7.22. The normalized spacial score (nSPS) is 17.4. The number of anilines is 1. The van der Waals surface area contributed by atoms with Gasteiger partial charge in [-0.1, -0.05) is 41.7 Å². The standard InChI is InChI=1S/C20H20FN3OS/c21-16-8-2-1-6-14(16)12-22-19(25)15-7-5-11-24(13-15)20-23-17-9-3-4-10-18(17)26-20/h1-4,6,8-10,15H,5,7,11-13H2,(H,22,25)/t15-/m1/s1. The van der Waals surface area contributed by atoms with E-state index in [0.29, 0.717) is 12.1 Å². The molecular formula is C20H20FN3OS. The number of rotatable bonds is 4. The molecule has 1 aliphatic rings. The molecule has 2 heterocycles. The Kier molecular flexibility index (Phi) is 4.84. The number of nitrogens with zero attached hydrogens (tertiary/aromatic N) is 2. The molecular weight excluding hydrogens is 349 g/mol. The second-order valence-electron chi connectivity index (χ2n) is 6.56. The van der Waals surface area contributed by atoms with Gasteiger partial charge in [-0.15, -0.1) is 0 Å². The van der Waals surface area contributed by atoms with Gasteiger partial charge in [0.05, 0.1) is 16.1 Å². The third-order valence-electron chi connectivity index (χ3n) is 4.76. The lowest BCUT2D eigenvalue weighted by Crippen LogP contribution is -2.43. The average Bonchev–Trinajstić information content (AvgIpc) is 3.11. The minimum atomic E-state index is -0.285. The van der Waals surface area contributed by atoms with E-state index in [0.717, 1.165) is 34.7 Å². The molecule has 1 N–H and O–H groups in total. The van der Waals surface area contributed by atoms with E-state index >= 15 is 0 Å². The summed E-state index contributed by atoms with van der Waals surface area (Å²) in [4.78, 5) is 19.4. The molecule has 0 radical (unpaired) electrons. The molecule has 0 saturated carbocycles. The second-order valence-corrected chi connectivity index (χ2v) is 7.57. The molecule has 1 fully saturated rings. The number of thiazole rings is 1. The molecule has 3 aromatic rings. The van der Waals surface area contributed by atoms with Crippen LogP contribution in [0.4, 0.5) is 9.52 Å². The molecule has 0 aliphatic carbocycles. The first-order chi connectivity index (χ1) is 12.7. The van der Waals surface area contributed by atoms with Crippen molar-refractivity contribution in [3.05, 3.63) is 59.9 Å². The number of benzene rings is 2. The summed E-state index contributed by atoms with van der Waals surface area (Å²) in [5.74, 6) is -0.394. The Hall–Kier alpha value is -2.47. The first-order valence-electron chi connectivity index (χ1n) is 8.82. The molecule has 1 saturated heterocycles. The van der Waals surface area contributed by atoms with E-state index in [4.69, 9.17) is 4.98 Å². The van der Waals surface area contributed by atoms with Gasteiger partial charge in [0.15, 0.2) is 5.13 Å². The number of nitrogens with one attached hydrogen (secondary N) is 1.